The number of likely N-dealkylation sites (tertiary alicyclic amines) is 1. The largest absolute Gasteiger partial charge is 0.343 e. The number of rotatable bonds is 2. The van der Waals surface area contributed by atoms with Crippen LogP contribution in [0.4, 0.5) is 0 Å². The van der Waals surface area contributed by atoms with Crippen LogP contribution in [-0.4, -0.2) is 42.5 Å². The highest BCUT2D eigenvalue weighted by atomic mass is 16.5. The standard InChI is InChI=1S/C16H18N6O2/c1-21-14-9-11(6-7-12(14)18-20-21)16(23)22-8-4-2-3-5-13(22)15-17-10-24-19-15/h6-7,9-10,13H,2-5,8H2,1H3/t13-/m0/s1. The maximum atomic E-state index is 13.1. The van der Waals surface area contributed by atoms with E-state index in [9.17, 15) is 4.79 Å². The summed E-state index contributed by atoms with van der Waals surface area (Å²) < 4.78 is 6.56. The van der Waals surface area contributed by atoms with Crippen LogP contribution in [0.5, 0.6) is 0 Å². The van der Waals surface area contributed by atoms with Crippen LogP contribution in [0.2, 0.25) is 0 Å². The van der Waals surface area contributed by atoms with E-state index < -0.39 is 0 Å². The quantitative estimate of drug-likeness (QED) is 0.716. The van der Waals surface area contributed by atoms with Crippen LogP contribution >= 0.6 is 0 Å². The van der Waals surface area contributed by atoms with E-state index in [4.69, 9.17) is 4.52 Å². The number of hydrogen-bond donors (Lipinski definition) is 0. The summed E-state index contributed by atoms with van der Waals surface area (Å²) in [6.07, 6.45) is 5.29. The van der Waals surface area contributed by atoms with E-state index in [-0.39, 0.29) is 11.9 Å². The van der Waals surface area contributed by atoms with Gasteiger partial charge in [-0.15, -0.1) is 5.10 Å². The lowest BCUT2D eigenvalue weighted by Crippen LogP contribution is -2.35. The summed E-state index contributed by atoms with van der Waals surface area (Å²) in [5.41, 5.74) is 2.25. The van der Waals surface area contributed by atoms with E-state index in [0.29, 0.717) is 17.9 Å². The van der Waals surface area contributed by atoms with Crippen molar-refractivity contribution in [2.45, 2.75) is 31.7 Å². The van der Waals surface area contributed by atoms with Crippen LogP contribution < -0.4 is 0 Å². The fourth-order valence-electron chi connectivity index (χ4n) is 3.27. The van der Waals surface area contributed by atoms with Gasteiger partial charge in [-0.25, -0.2) is 4.68 Å². The Morgan fingerprint density at radius 3 is 3.04 bits per heavy atom. The minimum atomic E-state index is -0.140. The summed E-state index contributed by atoms with van der Waals surface area (Å²) in [5.74, 6) is 0.559. The molecule has 1 aliphatic rings. The molecule has 1 atom stereocenters. The van der Waals surface area contributed by atoms with Gasteiger partial charge in [-0.3, -0.25) is 4.79 Å². The molecular formula is C16H18N6O2. The first-order valence-electron chi connectivity index (χ1n) is 8.11. The minimum absolute atomic E-state index is 0.0187. The first-order valence-corrected chi connectivity index (χ1v) is 8.11. The number of aromatic nitrogens is 5. The molecule has 0 saturated carbocycles. The van der Waals surface area contributed by atoms with Crippen LogP contribution in [0, 0.1) is 0 Å². The Morgan fingerprint density at radius 1 is 1.29 bits per heavy atom. The fourth-order valence-corrected chi connectivity index (χ4v) is 3.27. The van der Waals surface area contributed by atoms with Gasteiger partial charge >= 0.3 is 0 Å². The summed E-state index contributed by atoms with van der Waals surface area (Å²) in [5, 5.41) is 12.0. The van der Waals surface area contributed by atoms with E-state index in [0.717, 1.165) is 36.7 Å². The predicted molar refractivity (Wildman–Crippen MR) is 85.1 cm³/mol. The minimum Gasteiger partial charge on any atom is -0.343 e. The van der Waals surface area contributed by atoms with Crippen LogP contribution in [0.25, 0.3) is 11.0 Å². The highest BCUT2D eigenvalue weighted by molar-refractivity contribution is 5.97. The van der Waals surface area contributed by atoms with Crippen molar-refractivity contribution in [1.29, 1.82) is 0 Å². The molecule has 1 fully saturated rings. The molecule has 0 aliphatic carbocycles. The number of hydrogen-bond acceptors (Lipinski definition) is 6. The SMILES string of the molecule is Cn1nnc2ccc(C(=O)N3CCCCC[C@H]3c3ncon3)cc21. The summed E-state index contributed by atoms with van der Waals surface area (Å²) in [6, 6.07) is 5.34. The maximum absolute atomic E-state index is 13.1. The van der Waals surface area contributed by atoms with Crippen LogP contribution in [0.15, 0.2) is 29.1 Å². The molecule has 24 heavy (non-hydrogen) atoms. The maximum Gasteiger partial charge on any atom is 0.254 e. The molecule has 3 heterocycles. The molecule has 1 amide bonds. The van der Waals surface area contributed by atoms with Gasteiger partial charge in [0.2, 0.25) is 6.39 Å². The zero-order chi connectivity index (χ0) is 16.5. The van der Waals surface area contributed by atoms with E-state index >= 15 is 0 Å². The number of amides is 1. The van der Waals surface area contributed by atoms with Crippen molar-refractivity contribution in [3.05, 3.63) is 36.0 Å². The summed E-state index contributed by atoms with van der Waals surface area (Å²) >= 11 is 0. The second-order valence-electron chi connectivity index (χ2n) is 6.07. The number of carbonyl (C=O) groups is 1. The summed E-state index contributed by atoms with van der Waals surface area (Å²) in [6.45, 7) is 0.694. The molecule has 0 N–H and O–H groups in total. The van der Waals surface area contributed by atoms with E-state index in [1.165, 1.54) is 6.39 Å². The molecule has 3 aromatic rings. The van der Waals surface area contributed by atoms with Crippen molar-refractivity contribution >= 4 is 16.9 Å². The molecule has 0 bridgehead atoms. The molecule has 1 aliphatic heterocycles. The van der Waals surface area contributed by atoms with Crippen molar-refractivity contribution in [3.8, 4) is 0 Å². The highest BCUT2D eigenvalue weighted by Gasteiger charge is 2.30. The van der Waals surface area contributed by atoms with Gasteiger partial charge in [-0.2, -0.15) is 4.98 Å². The highest BCUT2D eigenvalue weighted by Crippen LogP contribution is 2.29. The normalized spacial score (nSPS) is 18.7. The summed E-state index contributed by atoms with van der Waals surface area (Å²) in [4.78, 5) is 19.2. The van der Waals surface area contributed by atoms with Crippen molar-refractivity contribution in [3.63, 3.8) is 0 Å². The summed E-state index contributed by atoms with van der Waals surface area (Å²) in [7, 11) is 1.82. The lowest BCUT2D eigenvalue weighted by Gasteiger charge is -2.27. The lowest BCUT2D eigenvalue weighted by atomic mass is 10.1. The number of nitrogens with zero attached hydrogens (tertiary/aromatic N) is 6. The average Bonchev–Trinajstić information content (AvgIpc) is 3.19. The Bertz CT molecular complexity index is 857. The molecule has 0 spiro atoms. The number of benzene rings is 1. The monoisotopic (exact) mass is 326 g/mol. The third-order valence-corrected chi connectivity index (χ3v) is 4.55. The van der Waals surface area contributed by atoms with Gasteiger partial charge in [0.25, 0.3) is 5.91 Å². The Morgan fingerprint density at radius 2 is 2.21 bits per heavy atom. The van der Waals surface area contributed by atoms with Gasteiger partial charge < -0.3 is 9.42 Å². The fraction of sp³-hybridized carbons (Fsp3) is 0.438. The zero-order valence-electron chi connectivity index (χ0n) is 13.4. The molecule has 2 aromatic heterocycles. The molecular weight excluding hydrogens is 308 g/mol. The molecule has 1 aromatic carbocycles. The third kappa shape index (κ3) is 2.53. The van der Waals surface area contributed by atoms with E-state index in [2.05, 4.69) is 20.5 Å². The molecule has 4 rings (SSSR count). The predicted octanol–water partition coefficient (Wildman–Crippen LogP) is 2.11. The van der Waals surface area contributed by atoms with Crippen molar-refractivity contribution in [2.75, 3.05) is 6.54 Å². The second kappa shape index (κ2) is 6.03. The molecule has 8 heteroatoms. The molecule has 0 radical (unpaired) electrons. The number of carbonyl (C=O) groups excluding carboxylic acids is 1. The molecule has 0 unspecified atom stereocenters. The zero-order valence-corrected chi connectivity index (χ0v) is 13.4. The molecule has 8 nitrogen and oxygen atoms in total. The number of fused-ring (bicyclic) bond motifs is 1. The van der Waals surface area contributed by atoms with Crippen molar-refractivity contribution in [1.82, 2.24) is 30.0 Å². The van der Waals surface area contributed by atoms with Gasteiger partial charge in [-0.05, 0) is 31.0 Å². The van der Waals surface area contributed by atoms with Crippen LogP contribution in [0.3, 0.4) is 0 Å². The smallest absolute Gasteiger partial charge is 0.254 e. The number of aryl methyl sites for hydroxylation is 1. The first kappa shape index (κ1) is 14.8. The first-order chi connectivity index (χ1) is 11.7. The topological polar surface area (TPSA) is 89.9 Å². The Hall–Kier alpha value is -2.77. The van der Waals surface area contributed by atoms with Gasteiger partial charge in [0.05, 0.1) is 11.6 Å². The Kier molecular flexibility index (Phi) is 3.72. The molecule has 124 valence electrons. The van der Waals surface area contributed by atoms with Gasteiger partial charge in [-0.1, -0.05) is 23.2 Å². The lowest BCUT2D eigenvalue weighted by molar-refractivity contribution is 0.0670. The van der Waals surface area contributed by atoms with E-state index in [1.807, 2.05) is 24.1 Å². The Balaban J connectivity index is 1.70. The van der Waals surface area contributed by atoms with Crippen LogP contribution in [0.1, 0.15) is 47.9 Å². The van der Waals surface area contributed by atoms with Crippen LogP contribution in [-0.2, 0) is 7.05 Å². The van der Waals surface area contributed by atoms with Gasteiger partial charge in [0.1, 0.15) is 5.52 Å². The van der Waals surface area contributed by atoms with Gasteiger partial charge in [0, 0.05) is 19.2 Å². The van der Waals surface area contributed by atoms with E-state index in [1.54, 1.807) is 10.7 Å². The van der Waals surface area contributed by atoms with Crippen molar-refractivity contribution in [2.24, 2.45) is 7.05 Å². The Labute approximate surface area is 138 Å². The second-order valence-corrected chi connectivity index (χ2v) is 6.07. The van der Waals surface area contributed by atoms with Crippen molar-refractivity contribution < 1.29 is 9.32 Å². The third-order valence-electron chi connectivity index (χ3n) is 4.55. The van der Waals surface area contributed by atoms with Gasteiger partial charge in [0.15, 0.2) is 5.82 Å². The average molecular weight is 326 g/mol. The molecule has 1 saturated heterocycles.